The molecule has 0 bridgehead atoms. The van der Waals surface area contributed by atoms with Crippen molar-refractivity contribution in [2.45, 2.75) is 19.8 Å². The number of aryl methyl sites for hydroxylation is 1. The van der Waals surface area contributed by atoms with E-state index >= 15 is 0 Å². The fourth-order valence-corrected chi connectivity index (χ4v) is 2.83. The van der Waals surface area contributed by atoms with E-state index in [4.69, 9.17) is 16.3 Å². The molecule has 0 aromatic heterocycles. The predicted octanol–water partition coefficient (Wildman–Crippen LogP) is 2.23. The molecule has 6 heteroatoms. The molecule has 1 saturated carbocycles. The number of morpholine rings is 1. The topological polar surface area (TPSA) is 58.6 Å². The highest BCUT2D eigenvalue weighted by Crippen LogP contribution is 2.48. The third-order valence-electron chi connectivity index (χ3n) is 4.32. The van der Waals surface area contributed by atoms with Gasteiger partial charge in [0, 0.05) is 23.8 Å². The number of rotatable bonds is 3. The van der Waals surface area contributed by atoms with Gasteiger partial charge in [-0.2, -0.15) is 0 Å². The molecular formula is C16H19ClN2O3. The second-order valence-electron chi connectivity index (χ2n) is 5.90. The summed E-state index contributed by atoms with van der Waals surface area (Å²) in [5, 5.41) is 3.43. The molecule has 1 aliphatic heterocycles. The minimum Gasteiger partial charge on any atom is -0.378 e. The van der Waals surface area contributed by atoms with Crippen molar-refractivity contribution >= 4 is 29.1 Å². The lowest BCUT2D eigenvalue weighted by Crippen LogP contribution is -2.47. The van der Waals surface area contributed by atoms with E-state index < -0.39 is 5.41 Å². The van der Waals surface area contributed by atoms with E-state index in [9.17, 15) is 9.59 Å². The van der Waals surface area contributed by atoms with Gasteiger partial charge in [0.2, 0.25) is 11.8 Å². The lowest BCUT2D eigenvalue weighted by Gasteiger charge is -2.30. The van der Waals surface area contributed by atoms with Gasteiger partial charge in [-0.15, -0.1) is 0 Å². The first-order chi connectivity index (χ1) is 10.5. The molecule has 22 heavy (non-hydrogen) atoms. The van der Waals surface area contributed by atoms with E-state index in [1.807, 2.05) is 13.0 Å². The van der Waals surface area contributed by atoms with Crippen LogP contribution in [-0.4, -0.2) is 43.0 Å². The first-order valence-corrected chi connectivity index (χ1v) is 7.85. The minimum atomic E-state index is -0.894. The molecule has 1 aromatic carbocycles. The first-order valence-electron chi connectivity index (χ1n) is 7.48. The van der Waals surface area contributed by atoms with Crippen molar-refractivity contribution in [3.63, 3.8) is 0 Å². The Morgan fingerprint density at radius 2 is 1.95 bits per heavy atom. The summed E-state index contributed by atoms with van der Waals surface area (Å²) >= 11 is 6.07. The number of amides is 2. The number of carbonyl (C=O) groups is 2. The number of ether oxygens (including phenoxy) is 1. The zero-order valence-electron chi connectivity index (χ0n) is 12.5. The second kappa shape index (κ2) is 5.89. The van der Waals surface area contributed by atoms with Crippen LogP contribution in [0.4, 0.5) is 5.69 Å². The number of benzene rings is 1. The Balaban J connectivity index is 1.70. The molecule has 5 nitrogen and oxygen atoms in total. The van der Waals surface area contributed by atoms with Gasteiger partial charge in [0.15, 0.2) is 0 Å². The number of nitrogens with one attached hydrogen (secondary N) is 1. The molecular weight excluding hydrogens is 304 g/mol. The van der Waals surface area contributed by atoms with Crippen LogP contribution >= 0.6 is 11.6 Å². The molecule has 1 saturated heterocycles. The van der Waals surface area contributed by atoms with Crippen LogP contribution in [0.25, 0.3) is 0 Å². The first kappa shape index (κ1) is 15.3. The Bertz CT molecular complexity index is 607. The summed E-state index contributed by atoms with van der Waals surface area (Å²) in [7, 11) is 0. The standard InChI is InChI=1S/C16H19ClN2O3/c1-11-2-3-12(10-13(11)17)18-14(20)16(4-5-16)15(21)19-6-8-22-9-7-19/h2-3,10H,4-9H2,1H3,(H,18,20). The van der Waals surface area contributed by atoms with Crippen LogP contribution in [0.3, 0.4) is 0 Å². The van der Waals surface area contributed by atoms with Crippen LogP contribution in [0.2, 0.25) is 5.02 Å². The van der Waals surface area contributed by atoms with E-state index in [0.29, 0.717) is 49.9 Å². The van der Waals surface area contributed by atoms with E-state index in [2.05, 4.69) is 5.32 Å². The Hall–Kier alpha value is -1.59. The molecule has 1 N–H and O–H groups in total. The number of halogens is 1. The third kappa shape index (κ3) is 2.83. The predicted molar refractivity (Wildman–Crippen MR) is 83.9 cm³/mol. The maximum atomic E-state index is 12.6. The van der Waals surface area contributed by atoms with E-state index in [1.54, 1.807) is 17.0 Å². The maximum Gasteiger partial charge on any atom is 0.240 e. The van der Waals surface area contributed by atoms with Gasteiger partial charge in [0.25, 0.3) is 0 Å². The highest BCUT2D eigenvalue weighted by molar-refractivity contribution is 6.31. The second-order valence-corrected chi connectivity index (χ2v) is 6.31. The zero-order chi connectivity index (χ0) is 15.7. The van der Waals surface area contributed by atoms with Crippen molar-refractivity contribution in [1.29, 1.82) is 0 Å². The molecule has 3 rings (SSSR count). The molecule has 0 radical (unpaired) electrons. The summed E-state index contributed by atoms with van der Waals surface area (Å²) in [6.45, 7) is 4.10. The summed E-state index contributed by atoms with van der Waals surface area (Å²) in [4.78, 5) is 26.9. The number of anilines is 1. The van der Waals surface area contributed by atoms with Gasteiger partial charge < -0.3 is 15.0 Å². The number of nitrogens with zero attached hydrogens (tertiary/aromatic N) is 1. The van der Waals surface area contributed by atoms with Gasteiger partial charge in [-0.3, -0.25) is 9.59 Å². The monoisotopic (exact) mass is 322 g/mol. The van der Waals surface area contributed by atoms with Crippen molar-refractivity contribution < 1.29 is 14.3 Å². The van der Waals surface area contributed by atoms with E-state index in [0.717, 1.165) is 5.56 Å². The maximum absolute atomic E-state index is 12.6. The number of hydrogen-bond acceptors (Lipinski definition) is 3. The molecule has 0 atom stereocenters. The van der Waals surface area contributed by atoms with Crippen LogP contribution < -0.4 is 5.32 Å². The quantitative estimate of drug-likeness (QED) is 0.868. The number of carbonyl (C=O) groups excluding carboxylic acids is 2. The average molecular weight is 323 g/mol. The van der Waals surface area contributed by atoms with Crippen molar-refractivity contribution in [1.82, 2.24) is 4.90 Å². The molecule has 118 valence electrons. The van der Waals surface area contributed by atoms with Crippen LogP contribution in [-0.2, 0) is 14.3 Å². The fraction of sp³-hybridized carbons (Fsp3) is 0.500. The lowest BCUT2D eigenvalue weighted by molar-refractivity contribution is -0.145. The van der Waals surface area contributed by atoms with Crippen LogP contribution in [0, 0.1) is 12.3 Å². The summed E-state index contributed by atoms with van der Waals surface area (Å²) < 4.78 is 5.25. The number of hydrogen-bond donors (Lipinski definition) is 1. The van der Waals surface area contributed by atoms with Gasteiger partial charge >= 0.3 is 0 Å². The minimum absolute atomic E-state index is 0.0773. The lowest BCUT2D eigenvalue weighted by atomic mass is 10.0. The highest BCUT2D eigenvalue weighted by Gasteiger charge is 2.58. The molecule has 0 spiro atoms. The summed E-state index contributed by atoms with van der Waals surface area (Å²) in [5.74, 6) is -0.310. The highest BCUT2D eigenvalue weighted by atomic mass is 35.5. The third-order valence-corrected chi connectivity index (χ3v) is 4.73. The summed E-state index contributed by atoms with van der Waals surface area (Å²) in [5.41, 5.74) is 0.682. The summed E-state index contributed by atoms with van der Waals surface area (Å²) in [6, 6.07) is 5.36. The van der Waals surface area contributed by atoms with Crippen LogP contribution in [0.5, 0.6) is 0 Å². The van der Waals surface area contributed by atoms with Crippen molar-refractivity contribution in [2.24, 2.45) is 5.41 Å². The Morgan fingerprint density at radius 1 is 1.27 bits per heavy atom. The fourth-order valence-electron chi connectivity index (χ4n) is 2.65. The molecule has 0 unspecified atom stereocenters. The van der Waals surface area contributed by atoms with Crippen LogP contribution in [0.15, 0.2) is 18.2 Å². The van der Waals surface area contributed by atoms with Gasteiger partial charge in [-0.05, 0) is 37.5 Å². The van der Waals surface area contributed by atoms with Gasteiger partial charge in [0.1, 0.15) is 5.41 Å². The van der Waals surface area contributed by atoms with E-state index in [-0.39, 0.29) is 11.8 Å². The van der Waals surface area contributed by atoms with Crippen molar-refractivity contribution in [2.75, 3.05) is 31.6 Å². The molecule has 2 amide bonds. The SMILES string of the molecule is Cc1ccc(NC(=O)C2(C(=O)N3CCOCC3)CC2)cc1Cl. The van der Waals surface area contributed by atoms with Crippen molar-refractivity contribution in [3.05, 3.63) is 28.8 Å². The normalized spacial score (nSPS) is 19.6. The zero-order valence-corrected chi connectivity index (χ0v) is 13.3. The smallest absolute Gasteiger partial charge is 0.240 e. The average Bonchev–Trinajstić information content (AvgIpc) is 3.33. The van der Waals surface area contributed by atoms with Gasteiger partial charge in [0.05, 0.1) is 13.2 Å². The molecule has 1 heterocycles. The molecule has 2 fully saturated rings. The largest absolute Gasteiger partial charge is 0.378 e. The van der Waals surface area contributed by atoms with Gasteiger partial charge in [-0.25, -0.2) is 0 Å². The molecule has 2 aliphatic rings. The van der Waals surface area contributed by atoms with E-state index in [1.165, 1.54) is 0 Å². The summed E-state index contributed by atoms with van der Waals surface area (Å²) in [6.07, 6.45) is 1.21. The molecule has 1 aromatic rings. The van der Waals surface area contributed by atoms with Crippen LogP contribution in [0.1, 0.15) is 18.4 Å². The van der Waals surface area contributed by atoms with Gasteiger partial charge in [-0.1, -0.05) is 17.7 Å². The Morgan fingerprint density at radius 3 is 2.55 bits per heavy atom. The Labute approximate surface area is 134 Å². The Kier molecular flexibility index (Phi) is 4.10. The van der Waals surface area contributed by atoms with Crippen molar-refractivity contribution in [3.8, 4) is 0 Å². The molecule has 1 aliphatic carbocycles.